The Morgan fingerprint density at radius 2 is 1.89 bits per heavy atom. The summed E-state index contributed by atoms with van der Waals surface area (Å²) in [6, 6.07) is 10.5. The van der Waals surface area contributed by atoms with E-state index in [1.165, 1.54) is 5.56 Å². The van der Waals surface area contributed by atoms with Gasteiger partial charge in [-0.3, -0.25) is 4.79 Å². The number of aliphatic carboxylic acids is 1. The van der Waals surface area contributed by atoms with Crippen LogP contribution in [0.15, 0.2) is 30.3 Å². The largest absolute Gasteiger partial charge is 0.481 e. The van der Waals surface area contributed by atoms with E-state index < -0.39 is 5.97 Å². The van der Waals surface area contributed by atoms with Gasteiger partial charge in [-0.1, -0.05) is 44.2 Å². The van der Waals surface area contributed by atoms with Gasteiger partial charge in [-0.25, -0.2) is 0 Å². The Hall–Kier alpha value is -1.35. The molecule has 1 rings (SSSR count). The van der Waals surface area contributed by atoms with Crippen molar-refractivity contribution in [3.8, 4) is 0 Å². The van der Waals surface area contributed by atoms with E-state index in [4.69, 9.17) is 5.11 Å². The second-order valence-electron chi connectivity index (χ2n) is 5.46. The van der Waals surface area contributed by atoms with Gasteiger partial charge in [-0.05, 0) is 37.3 Å². The molecule has 1 atom stereocenters. The second-order valence-corrected chi connectivity index (χ2v) is 5.46. The average molecular weight is 263 g/mol. The highest BCUT2D eigenvalue weighted by Crippen LogP contribution is 2.08. The van der Waals surface area contributed by atoms with Crippen molar-refractivity contribution >= 4 is 5.97 Å². The predicted molar refractivity (Wildman–Crippen MR) is 78.3 cm³/mol. The van der Waals surface area contributed by atoms with Crippen LogP contribution in [0.3, 0.4) is 0 Å². The Morgan fingerprint density at radius 3 is 2.47 bits per heavy atom. The van der Waals surface area contributed by atoms with Crippen molar-refractivity contribution in [1.29, 1.82) is 0 Å². The smallest absolute Gasteiger partial charge is 0.303 e. The van der Waals surface area contributed by atoms with Crippen molar-refractivity contribution in [2.45, 2.75) is 45.6 Å². The van der Waals surface area contributed by atoms with Gasteiger partial charge >= 0.3 is 5.97 Å². The van der Waals surface area contributed by atoms with E-state index in [1.54, 1.807) is 0 Å². The number of rotatable bonds is 9. The standard InChI is InChI=1S/C16H25NO2/c1-13(2)10-11-17-15(8-9-16(18)19)12-14-6-4-3-5-7-14/h3-7,13,15,17H,8-12H2,1-2H3,(H,18,19). The van der Waals surface area contributed by atoms with Gasteiger partial charge in [0.25, 0.3) is 0 Å². The van der Waals surface area contributed by atoms with E-state index in [0.717, 1.165) is 19.4 Å². The lowest BCUT2D eigenvalue weighted by Crippen LogP contribution is -2.33. The minimum atomic E-state index is -0.719. The highest BCUT2D eigenvalue weighted by molar-refractivity contribution is 5.66. The highest BCUT2D eigenvalue weighted by Gasteiger charge is 2.11. The number of benzene rings is 1. The molecule has 2 N–H and O–H groups in total. The molecule has 0 aliphatic heterocycles. The third-order valence-electron chi connectivity index (χ3n) is 3.19. The van der Waals surface area contributed by atoms with Gasteiger partial charge in [-0.2, -0.15) is 0 Å². The molecule has 0 radical (unpaired) electrons. The Kier molecular flexibility index (Phi) is 7.19. The summed E-state index contributed by atoms with van der Waals surface area (Å²) < 4.78 is 0. The minimum absolute atomic E-state index is 0.228. The van der Waals surface area contributed by atoms with Crippen molar-refractivity contribution < 1.29 is 9.90 Å². The lowest BCUT2D eigenvalue weighted by molar-refractivity contribution is -0.137. The van der Waals surface area contributed by atoms with Crippen LogP contribution >= 0.6 is 0 Å². The third-order valence-corrected chi connectivity index (χ3v) is 3.19. The maximum atomic E-state index is 10.7. The Balaban J connectivity index is 2.46. The first-order chi connectivity index (χ1) is 9.08. The number of carboxylic acids is 1. The fourth-order valence-electron chi connectivity index (χ4n) is 2.05. The van der Waals surface area contributed by atoms with Crippen molar-refractivity contribution in [1.82, 2.24) is 5.32 Å². The molecule has 1 aromatic rings. The maximum Gasteiger partial charge on any atom is 0.303 e. The molecule has 0 heterocycles. The van der Waals surface area contributed by atoms with Crippen LogP contribution in [0.25, 0.3) is 0 Å². The van der Waals surface area contributed by atoms with Gasteiger partial charge in [0.15, 0.2) is 0 Å². The molecule has 0 spiro atoms. The van der Waals surface area contributed by atoms with Gasteiger partial charge in [0.1, 0.15) is 0 Å². The SMILES string of the molecule is CC(C)CCNC(CCC(=O)O)Cc1ccccc1. The molecule has 106 valence electrons. The van der Waals surface area contributed by atoms with E-state index in [2.05, 4.69) is 31.3 Å². The van der Waals surface area contributed by atoms with Gasteiger partial charge in [0.05, 0.1) is 0 Å². The number of carbonyl (C=O) groups is 1. The zero-order valence-electron chi connectivity index (χ0n) is 11.9. The number of carboxylic acid groups (broad SMARTS) is 1. The Bertz CT molecular complexity index is 362. The quantitative estimate of drug-likeness (QED) is 0.719. The molecule has 0 aromatic heterocycles. The lowest BCUT2D eigenvalue weighted by Gasteiger charge is -2.19. The summed E-state index contributed by atoms with van der Waals surface area (Å²) in [5.74, 6) is -0.0481. The second kappa shape index (κ2) is 8.70. The zero-order chi connectivity index (χ0) is 14.1. The van der Waals surface area contributed by atoms with E-state index in [1.807, 2.05) is 18.2 Å². The predicted octanol–water partition coefficient (Wildman–Crippen LogP) is 3.10. The van der Waals surface area contributed by atoms with Gasteiger partial charge in [-0.15, -0.1) is 0 Å². The van der Waals surface area contributed by atoms with Crippen LogP contribution < -0.4 is 5.32 Å². The topological polar surface area (TPSA) is 49.3 Å². The summed E-state index contributed by atoms with van der Waals surface area (Å²) in [4.78, 5) is 10.7. The molecule has 1 aromatic carbocycles. The van der Waals surface area contributed by atoms with Gasteiger partial charge in [0, 0.05) is 12.5 Å². The highest BCUT2D eigenvalue weighted by atomic mass is 16.4. The van der Waals surface area contributed by atoms with E-state index >= 15 is 0 Å². The molecule has 0 amide bonds. The summed E-state index contributed by atoms with van der Waals surface area (Å²) in [5, 5.41) is 12.3. The first kappa shape index (κ1) is 15.7. The van der Waals surface area contributed by atoms with Crippen LogP contribution in [0.5, 0.6) is 0 Å². The van der Waals surface area contributed by atoms with Crippen molar-refractivity contribution in [3.05, 3.63) is 35.9 Å². The van der Waals surface area contributed by atoms with Crippen LogP contribution in [0, 0.1) is 5.92 Å². The molecule has 0 saturated heterocycles. The number of hydrogen-bond acceptors (Lipinski definition) is 2. The van der Waals surface area contributed by atoms with Crippen molar-refractivity contribution in [3.63, 3.8) is 0 Å². The molecule has 0 fully saturated rings. The molecule has 0 saturated carbocycles. The fourth-order valence-corrected chi connectivity index (χ4v) is 2.05. The van der Waals surface area contributed by atoms with Crippen LogP contribution in [-0.4, -0.2) is 23.7 Å². The zero-order valence-corrected chi connectivity index (χ0v) is 11.9. The molecular weight excluding hydrogens is 238 g/mol. The minimum Gasteiger partial charge on any atom is -0.481 e. The van der Waals surface area contributed by atoms with E-state index in [0.29, 0.717) is 12.3 Å². The molecule has 1 unspecified atom stereocenters. The molecular formula is C16H25NO2. The summed E-state index contributed by atoms with van der Waals surface area (Å²) in [6.45, 7) is 5.35. The summed E-state index contributed by atoms with van der Waals surface area (Å²) in [5.41, 5.74) is 1.26. The molecule has 0 aliphatic rings. The molecule has 0 aliphatic carbocycles. The summed E-state index contributed by atoms with van der Waals surface area (Å²) in [7, 11) is 0. The van der Waals surface area contributed by atoms with Crippen LogP contribution in [0.2, 0.25) is 0 Å². The van der Waals surface area contributed by atoms with Crippen LogP contribution in [0.4, 0.5) is 0 Å². The van der Waals surface area contributed by atoms with Crippen molar-refractivity contribution in [2.24, 2.45) is 5.92 Å². The first-order valence-corrected chi connectivity index (χ1v) is 7.07. The average Bonchev–Trinajstić information content (AvgIpc) is 2.36. The molecule has 0 bridgehead atoms. The van der Waals surface area contributed by atoms with Crippen LogP contribution in [0.1, 0.15) is 38.7 Å². The van der Waals surface area contributed by atoms with Crippen molar-refractivity contribution in [2.75, 3.05) is 6.54 Å². The number of nitrogens with one attached hydrogen (secondary N) is 1. The Morgan fingerprint density at radius 1 is 1.21 bits per heavy atom. The summed E-state index contributed by atoms with van der Waals surface area (Å²) >= 11 is 0. The molecule has 3 heteroatoms. The third kappa shape index (κ3) is 7.62. The fraction of sp³-hybridized carbons (Fsp3) is 0.562. The molecule has 19 heavy (non-hydrogen) atoms. The molecule has 3 nitrogen and oxygen atoms in total. The number of hydrogen-bond donors (Lipinski definition) is 2. The first-order valence-electron chi connectivity index (χ1n) is 7.07. The van der Waals surface area contributed by atoms with Gasteiger partial charge in [0.2, 0.25) is 0 Å². The van der Waals surface area contributed by atoms with E-state index in [9.17, 15) is 4.79 Å². The van der Waals surface area contributed by atoms with Gasteiger partial charge < -0.3 is 10.4 Å². The van der Waals surface area contributed by atoms with Crippen LogP contribution in [-0.2, 0) is 11.2 Å². The van der Waals surface area contributed by atoms with E-state index in [-0.39, 0.29) is 12.5 Å². The summed E-state index contributed by atoms with van der Waals surface area (Å²) in [6.07, 6.45) is 2.93. The maximum absolute atomic E-state index is 10.7. The lowest BCUT2D eigenvalue weighted by atomic mass is 10.0. The normalized spacial score (nSPS) is 12.6. The Labute approximate surface area is 116 Å². The monoisotopic (exact) mass is 263 g/mol.